The highest BCUT2D eigenvalue weighted by Gasteiger charge is 2.22. The molecule has 90 valence electrons. The highest BCUT2D eigenvalue weighted by atomic mass is 15.2. The van der Waals surface area contributed by atoms with Gasteiger partial charge in [-0.05, 0) is 39.3 Å². The van der Waals surface area contributed by atoms with Crippen molar-refractivity contribution in [1.29, 1.82) is 0 Å². The first kappa shape index (κ1) is 13.0. The summed E-state index contributed by atoms with van der Waals surface area (Å²) < 4.78 is 0. The number of likely N-dealkylation sites (tertiary alicyclic amines) is 1. The fourth-order valence-corrected chi connectivity index (χ4v) is 2.54. The molecule has 15 heavy (non-hydrogen) atoms. The van der Waals surface area contributed by atoms with Gasteiger partial charge in [0.05, 0.1) is 0 Å². The molecule has 1 rings (SSSR count). The van der Waals surface area contributed by atoms with Crippen molar-refractivity contribution in [3.05, 3.63) is 0 Å². The lowest BCUT2D eigenvalue weighted by Gasteiger charge is -2.37. The van der Waals surface area contributed by atoms with E-state index in [2.05, 4.69) is 31.0 Å². The van der Waals surface area contributed by atoms with Gasteiger partial charge in [-0.1, -0.05) is 26.7 Å². The van der Waals surface area contributed by atoms with Crippen LogP contribution in [0.2, 0.25) is 0 Å². The lowest BCUT2D eigenvalue weighted by molar-refractivity contribution is 0.139. The fourth-order valence-electron chi connectivity index (χ4n) is 2.54. The Bertz CT molecular complexity index is 157. The van der Waals surface area contributed by atoms with Gasteiger partial charge < -0.3 is 5.32 Å². The summed E-state index contributed by atoms with van der Waals surface area (Å²) >= 11 is 0. The first-order chi connectivity index (χ1) is 7.27. The van der Waals surface area contributed by atoms with Crippen molar-refractivity contribution in [3.63, 3.8) is 0 Å². The minimum Gasteiger partial charge on any atom is -0.313 e. The van der Waals surface area contributed by atoms with Crippen molar-refractivity contribution >= 4 is 0 Å². The van der Waals surface area contributed by atoms with Crippen LogP contribution in [0.5, 0.6) is 0 Å². The first-order valence-corrected chi connectivity index (χ1v) is 6.75. The van der Waals surface area contributed by atoms with E-state index in [4.69, 9.17) is 0 Å². The second kappa shape index (κ2) is 7.24. The Morgan fingerprint density at radius 1 is 1.40 bits per heavy atom. The lowest BCUT2D eigenvalue weighted by atomic mass is 10.0. The van der Waals surface area contributed by atoms with Gasteiger partial charge in [-0.3, -0.25) is 4.90 Å². The topological polar surface area (TPSA) is 15.3 Å². The predicted octanol–water partition coefficient (Wildman–Crippen LogP) is 2.64. The maximum Gasteiger partial charge on any atom is 0.0195 e. The van der Waals surface area contributed by atoms with E-state index >= 15 is 0 Å². The Labute approximate surface area is 95.4 Å². The summed E-state index contributed by atoms with van der Waals surface area (Å²) in [6.07, 6.45) is 6.81. The molecule has 1 N–H and O–H groups in total. The number of rotatable bonds is 6. The zero-order chi connectivity index (χ0) is 11.1. The van der Waals surface area contributed by atoms with Crippen molar-refractivity contribution in [2.45, 2.75) is 65.0 Å². The largest absolute Gasteiger partial charge is 0.313 e. The Hall–Kier alpha value is -0.0800. The summed E-state index contributed by atoms with van der Waals surface area (Å²) in [6.45, 7) is 10.6. The summed E-state index contributed by atoms with van der Waals surface area (Å²) in [6, 6.07) is 1.53. The smallest absolute Gasteiger partial charge is 0.0195 e. The van der Waals surface area contributed by atoms with E-state index < -0.39 is 0 Å². The molecule has 0 aromatic heterocycles. The molecule has 0 aromatic carbocycles. The number of hydrogen-bond acceptors (Lipinski definition) is 2. The van der Waals surface area contributed by atoms with Crippen molar-refractivity contribution in [1.82, 2.24) is 10.2 Å². The first-order valence-electron chi connectivity index (χ1n) is 6.75. The fraction of sp³-hybridized carbons (Fsp3) is 1.00. The van der Waals surface area contributed by atoms with Crippen LogP contribution in [0.4, 0.5) is 0 Å². The molecule has 0 aliphatic carbocycles. The minimum atomic E-state index is 0.743. The maximum atomic E-state index is 3.58. The molecule has 1 fully saturated rings. The van der Waals surface area contributed by atoms with Gasteiger partial charge in [-0.15, -0.1) is 0 Å². The lowest BCUT2D eigenvalue weighted by Crippen LogP contribution is -2.48. The maximum absolute atomic E-state index is 3.58. The molecule has 1 aliphatic rings. The molecular weight excluding hydrogens is 184 g/mol. The number of piperidine rings is 1. The highest BCUT2D eigenvalue weighted by Crippen LogP contribution is 2.16. The Morgan fingerprint density at radius 2 is 2.20 bits per heavy atom. The van der Waals surface area contributed by atoms with Crippen LogP contribution in [0.3, 0.4) is 0 Å². The van der Waals surface area contributed by atoms with Gasteiger partial charge >= 0.3 is 0 Å². The molecule has 1 saturated heterocycles. The Kier molecular flexibility index (Phi) is 6.26. The minimum absolute atomic E-state index is 0.743. The van der Waals surface area contributed by atoms with Crippen molar-refractivity contribution < 1.29 is 0 Å². The quantitative estimate of drug-likeness (QED) is 0.728. The van der Waals surface area contributed by atoms with E-state index in [1.165, 1.54) is 45.2 Å². The molecule has 0 spiro atoms. The van der Waals surface area contributed by atoms with E-state index in [9.17, 15) is 0 Å². The zero-order valence-electron chi connectivity index (χ0n) is 10.8. The van der Waals surface area contributed by atoms with Gasteiger partial charge in [0.15, 0.2) is 0 Å². The summed E-state index contributed by atoms with van der Waals surface area (Å²) in [7, 11) is 0. The van der Waals surface area contributed by atoms with Crippen LogP contribution in [0.1, 0.15) is 52.9 Å². The predicted molar refractivity (Wildman–Crippen MR) is 67.3 cm³/mol. The molecule has 2 nitrogen and oxygen atoms in total. The second-order valence-electron chi connectivity index (χ2n) is 4.88. The summed E-state index contributed by atoms with van der Waals surface area (Å²) in [5.41, 5.74) is 0. The molecular formula is C13H28N2. The third-order valence-corrected chi connectivity index (χ3v) is 3.54. The van der Waals surface area contributed by atoms with Gasteiger partial charge in [0.2, 0.25) is 0 Å². The van der Waals surface area contributed by atoms with Crippen LogP contribution in [0.15, 0.2) is 0 Å². The Balaban J connectivity index is 2.27. The standard InChI is InChI=1S/C13H28N2/c1-4-6-8-12(3)15-10-7-9-13(11-15)14-5-2/h12-14H,4-11H2,1-3H3. The van der Waals surface area contributed by atoms with Crippen LogP contribution >= 0.6 is 0 Å². The molecule has 2 heteroatoms. The van der Waals surface area contributed by atoms with Gasteiger partial charge in [0.25, 0.3) is 0 Å². The molecule has 0 saturated carbocycles. The number of hydrogen-bond donors (Lipinski definition) is 1. The molecule has 0 amide bonds. The number of nitrogens with zero attached hydrogens (tertiary/aromatic N) is 1. The molecule has 1 heterocycles. The van der Waals surface area contributed by atoms with Gasteiger partial charge in [0, 0.05) is 18.6 Å². The summed E-state index contributed by atoms with van der Waals surface area (Å²) in [5, 5.41) is 3.58. The molecule has 2 atom stereocenters. The zero-order valence-corrected chi connectivity index (χ0v) is 10.8. The van der Waals surface area contributed by atoms with Gasteiger partial charge in [-0.2, -0.15) is 0 Å². The third-order valence-electron chi connectivity index (χ3n) is 3.54. The third kappa shape index (κ3) is 4.52. The van der Waals surface area contributed by atoms with E-state index in [1.807, 2.05) is 0 Å². The van der Waals surface area contributed by atoms with E-state index in [0.717, 1.165) is 18.6 Å². The molecule has 0 radical (unpaired) electrons. The normalized spacial score (nSPS) is 25.4. The van der Waals surface area contributed by atoms with Crippen LogP contribution in [0, 0.1) is 0 Å². The monoisotopic (exact) mass is 212 g/mol. The SMILES string of the molecule is CCCCC(C)N1CCCC(NCC)C1. The number of likely N-dealkylation sites (N-methyl/N-ethyl adjacent to an activating group) is 1. The van der Waals surface area contributed by atoms with Gasteiger partial charge in [0.1, 0.15) is 0 Å². The number of nitrogens with one attached hydrogen (secondary N) is 1. The van der Waals surface area contributed by atoms with Crippen LogP contribution < -0.4 is 5.32 Å². The highest BCUT2D eigenvalue weighted by molar-refractivity contribution is 4.80. The van der Waals surface area contributed by atoms with Crippen molar-refractivity contribution in [2.24, 2.45) is 0 Å². The summed E-state index contributed by atoms with van der Waals surface area (Å²) in [4.78, 5) is 2.67. The van der Waals surface area contributed by atoms with Crippen molar-refractivity contribution in [3.8, 4) is 0 Å². The Morgan fingerprint density at radius 3 is 2.87 bits per heavy atom. The molecule has 1 aliphatic heterocycles. The molecule has 2 unspecified atom stereocenters. The van der Waals surface area contributed by atoms with Gasteiger partial charge in [-0.25, -0.2) is 0 Å². The van der Waals surface area contributed by atoms with Crippen LogP contribution in [-0.4, -0.2) is 36.6 Å². The van der Waals surface area contributed by atoms with E-state index in [-0.39, 0.29) is 0 Å². The average molecular weight is 212 g/mol. The second-order valence-corrected chi connectivity index (χ2v) is 4.88. The average Bonchev–Trinajstić information content (AvgIpc) is 2.27. The molecule has 0 aromatic rings. The van der Waals surface area contributed by atoms with Crippen molar-refractivity contribution in [2.75, 3.05) is 19.6 Å². The number of unbranched alkanes of at least 4 members (excludes halogenated alkanes) is 1. The van der Waals surface area contributed by atoms with Crippen LogP contribution in [-0.2, 0) is 0 Å². The van der Waals surface area contributed by atoms with Crippen LogP contribution in [0.25, 0.3) is 0 Å². The van der Waals surface area contributed by atoms with E-state index in [1.54, 1.807) is 0 Å². The molecule has 0 bridgehead atoms. The van der Waals surface area contributed by atoms with E-state index in [0.29, 0.717) is 0 Å². The summed E-state index contributed by atoms with van der Waals surface area (Å²) in [5.74, 6) is 0.